The molecule has 0 aliphatic rings. The molecule has 0 bridgehead atoms. The van der Waals surface area contributed by atoms with Gasteiger partial charge in [-0.3, -0.25) is 9.78 Å². The highest BCUT2D eigenvalue weighted by Crippen LogP contribution is 2.11. The first-order valence-corrected chi connectivity index (χ1v) is 6.55. The second-order valence-electron chi connectivity index (χ2n) is 3.84. The van der Waals surface area contributed by atoms with Crippen LogP contribution in [0.1, 0.15) is 5.69 Å². The van der Waals surface area contributed by atoms with Gasteiger partial charge in [-0.25, -0.2) is 4.98 Å². The third kappa shape index (κ3) is 4.05. The van der Waals surface area contributed by atoms with Crippen molar-refractivity contribution in [1.29, 1.82) is 0 Å². The van der Waals surface area contributed by atoms with Crippen LogP contribution in [0.4, 0.5) is 11.6 Å². The van der Waals surface area contributed by atoms with Gasteiger partial charge >= 0.3 is 0 Å². The largest absolute Gasteiger partial charge is 0.369 e. The lowest BCUT2D eigenvalue weighted by Gasteiger charge is -2.05. The second kappa shape index (κ2) is 5.83. The molecule has 0 saturated carbocycles. The Labute approximate surface area is 123 Å². The van der Waals surface area contributed by atoms with Gasteiger partial charge in [0.05, 0.1) is 0 Å². The average molecular weight is 369 g/mol. The van der Waals surface area contributed by atoms with Crippen LogP contribution in [0.25, 0.3) is 0 Å². The third-order valence-corrected chi connectivity index (χ3v) is 2.92. The molecule has 0 aliphatic heterocycles. The number of nitrogens with zero attached hydrogens (tertiary/aromatic N) is 2. The van der Waals surface area contributed by atoms with E-state index in [0.717, 1.165) is 9.26 Å². The average Bonchev–Trinajstić information content (AvgIpc) is 2.30. The molecule has 0 fully saturated rings. The number of H-pyrrole nitrogens is 1. The van der Waals surface area contributed by atoms with Crippen molar-refractivity contribution in [2.45, 2.75) is 6.92 Å². The smallest absolute Gasteiger partial charge is 0.252 e. The number of nitrogens with two attached hydrogens (primary N) is 1. The monoisotopic (exact) mass is 369 g/mol. The van der Waals surface area contributed by atoms with E-state index < -0.39 is 0 Å². The fourth-order valence-electron chi connectivity index (χ4n) is 1.44. The van der Waals surface area contributed by atoms with Crippen molar-refractivity contribution < 1.29 is 0 Å². The number of aryl methyl sites for hydroxylation is 1. The maximum absolute atomic E-state index is 11.3. The van der Waals surface area contributed by atoms with Crippen molar-refractivity contribution in [1.82, 2.24) is 9.97 Å². The Bertz CT molecular complexity index is 663. The van der Waals surface area contributed by atoms with Gasteiger partial charge < -0.3 is 11.1 Å². The molecular formula is C12H12IN5O. The summed E-state index contributed by atoms with van der Waals surface area (Å²) >= 11 is 2.22. The second-order valence-corrected chi connectivity index (χ2v) is 5.08. The normalized spacial score (nSPS) is 11.4. The van der Waals surface area contributed by atoms with Gasteiger partial charge in [0, 0.05) is 21.0 Å². The molecular weight excluding hydrogens is 357 g/mol. The Kier molecular flexibility index (Phi) is 4.15. The minimum Gasteiger partial charge on any atom is -0.369 e. The van der Waals surface area contributed by atoms with Crippen LogP contribution in [0.3, 0.4) is 0 Å². The molecule has 0 spiro atoms. The van der Waals surface area contributed by atoms with Crippen LogP contribution in [-0.2, 0) is 0 Å². The quantitative estimate of drug-likeness (QED) is 0.427. The van der Waals surface area contributed by atoms with E-state index in [1.165, 1.54) is 6.07 Å². The van der Waals surface area contributed by atoms with Crippen LogP contribution in [0.2, 0.25) is 0 Å². The number of aliphatic imine (C=N–C) groups is 1. The first-order chi connectivity index (χ1) is 9.02. The maximum atomic E-state index is 11.3. The molecule has 1 aromatic heterocycles. The summed E-state index contributed by atoms with van der Waals surface area (Å²) in [6.45, 7) is 1.72. The van der Waals surface area contributed by atoms with Crippen LogP contribution in [0.15, 0.2) is 40.1 Å². The summed E-state index contributed by atoms with van der Waals surface area (Å²) in [5, 5.41) is 2.92. The Balaban J connectivity index is 2.18. The highest BCUT2D eigenvalue weighted by atomic mass is 127. The van der Waals surface area contributed by atoms with Gasteiger partial charge in [0.1, 0.15) is 0 Å². The number of aromatic nitrogens is 2. The summed E-state index contributed by atoms with van der Waals surface area (Å²) in [5.41, 5.74) is 6.90. The predicted molar refractivity (Wildman–Crippen MR) is 83.7 cm³/mol. The van der Waals surface area contributed by atoms with Crippen molar-refractivity contribution in [2.24, 2.45) is 10.7 Å². The van der Waals surface area contributed by atoms with E-state index in [0.29, 0.717) is 5.69 Å². The SMILES string of the molecule is Cc1cc(=O)[nH]c(N=C(N)Nc2ccc(I)cc2)n1. The van der Waals surface area contributed by atoms with Gasteiger partial charge in [0.15, 0.2) is 0 Å². The predicted octanol–water partition coefficient (Wildman–Crippen LogP) is 1.74. The number of hydrogen-bond acceptors (Lipinski definition) is 3. The van der Waals surface area contributed by atoms with Gasteiger partial charge in [0.25, 0.3) is 5.56 Å². The topological polar surface area (TPSA) is 96.2 Å². The zero-order valence-electron chi connectivity index (χ0n) is 10.1. The van der Waals surface area contributed by atoms with Crippen molar-refractivity contribution in [3.63, 3.8) is 0 Å². The third-order valence-electron chi connectivity index (χ3n) is 2.20. The molecule has 0 aliphatic carbocycles. The molecule has 7 heteroatoms. The van der Waals surface area contributed by atoms with E-state index in [4.69, 9.17) is 5.73 Å². The zero-order valence-corrected chi connectivity index (χ0v) is 12.3. The highest BCUT2D eigenvalue weighted by molar-refractivity contribution is 14.1. The first kappa shape index (κ1) is 13.5. The van der Waals surface area contributed by atoms with Gasteiger partial charge in [0.2, 0.25) is 11.9 Å². The molecule has 1 heterocycles. The number of nitrogens with one attached hydrogen (secondary N) is 2. The molecule has 0 radical (unpaired) electrons. The summed E-state index contributed by atoms with van der Waals surface area (Å²) in [7, 11) is 0. The van der Waals surface area contributed by atoms with Crippen LogP contribution < -0.4 is 16.6 Å². The molecule has 6 nitrogen and oxygen atoms in total. The Morgan fingerprint density at radius 3 is 2.74 bits per heavy atom. The Hall–Kier alpha value is -1.90. The van der Waals surface area contributed by atoms with Crippen LogP contribution >= 0.6 is 22.6 Å². The summed E-state index contributed by atoms with van der Waals surface area (Å²) in [4.78, 5) is 21.8. The number of hydrogen-bond donors (Lipinski definition) is 3. The van der Waals surface area contributed by atoms with Gasteiger partial charge in [-0.2, -0.15) is 4.99 Å². The molecule has 1 aromatic carbocycles. The van der Waals surface area contributed by atoms with Crippen LogP contribution in [0, 0.1) is 10.5 Å². The van der Waals surface area contributed by atoms with E-state index in [9.17, 15) is 4.79 Å². The van der Waals surface area contributed by atoms with Gasteiger partial charge in [-0.05, 0) is 53.8 Å². The molecule has 2 aromatic rings. The number of guanidine groups is 1. The lowest BCUT2D eigenvalue weighted by Crippen LogP contribution is -2.22. The van der Waals surface area contributed by atoms with E-state index in [2.05, 4.69) is 42.9 Å². The zero-order chi connectivity index (χ0) is 13.8. The molecule has 0 amide bonds. The first-order valence-electron chi connectivity index (χ1n) is 5.47. The molecule has 0 atom stereocenters. The van der Waals surface area contributed by atoms with E-state index in [1.54, 1.807) is 6.92 Å². The molecule has 0 unspecified atom stereocenters. The molecule has 4 N–H and O–H groups in total. The standard InChI is InChI=1S/C12H12IN5O/c1-7-6-10(19)17-12(15-7)18-11(14)16-9-4-2-8(13)3-5-9/h2-6H,1H3,(H4,14,15,16,17,18,19). The minimum absolute atomic E-state index is 0.162. The summed E-state index contributed by atoms with van der Waals surface area (Å²) in [6.07, 6.45) is 0. The molecule has 19 heavy (non-hydrogen) atoms. The minimum atomic E-state index is -0.256. The van der Waals surface area contributed by atoms with E-state index in [1.807, 2.05) is 24.3 Å². The lowest BCUT2D eigenvalue weighted by molar-refractivity contribution is 1.05. The number of rotatable bonds is 2. The molecule has 98 valence electrons. The molecule has 2 rings (SSSR count). The summed E-state index contributed by atoms with van der Waals surface area (Å²) < 4.78 is 1.13. The van der Waals surface area contributed by atoms with Gasteiger partial charge in [-0.1, -0.05) is 0 Å². The lowest BCUT2D eigenvalue weighted by atomic mass is 10.3. The van der Waals surface area contributed by atoms with Crippen molar-refractivity contribution in [3.8, 4) is 0 Å². The summed E-state index contributed by atoms with van der Waals surface area (Å²) in [5.74, 6) is 0.343. The molecule has 0 saturated heterocycles. The number of halogens is 1. The number of anilines is 1. The van der Waals surface area contributed by atoms with Crippen molar-refractivity contribution >= 4 is 40.2 Å². The van der Waals surface area contributed by atoms with E-state index >= 15 is 0 Å². The van der Waals surface area contributed by atoms with Crippen molar-refractivity contribution in [3.05, 3.63) is 49.9 Å². The van der Waals surface area contributed by atoms with Gasteiger partial charge in [-0.15, -0.1) is 0 Å². The summed E-state index contributed by atoms with van der Waals surface area (Å²) in [6, 6.07) is 9.06. The highest BCUT2D eigenvalue weighted by Gasteiger charge is 1.99. The van der Waals surface area contributed by atoms with E-state index in [-0.39, 0.29) is 17.5 Å². The van der Waals surface area contributed by atoms with Crippen LogP contribution in [-0.4, -0.2) is 15.9 Å². The van der Waals surface area contributed by atoms with Crippen molar-refractivity contribution in [2.75, 3.05) is 5.32 Å². The Morgan fingerprint density at radius 2 is 2.11 bits per heavy atom. The number of benzene rings is 1. The fraction of sp³-hybridized carbons (Fsp3) is 0.0833. The fourth-order valence-corrected chi connectivity index (χ4v) is 1.80. The van der Waals surface area contributed by atoms with Crippen LogP contribution in [0.5, 0.6) is 0 Å². The maximum Gasteiger partial charge on any atom is 0.252 e. The number of aromatic amines is 1. The Morgan fingerprint density at radius 1 is 1.42 bits per heavy atom.